The zero-order chi connectivity index (χ0) is 11.1. The normalized spacial score (nSPS) is 12.7. The van der Waals surface area contributed by atoms with Crippen molar-refractivity contribution in [1.82, 2.24) is 5.32 Å². The molecule has 0 fully saturated rings. The second-order valence-electron chi connectivity index (χ2n) is 3.83. The molecule has 0 aliphatic heterocycles. The summed E-state index contributed by atoms with van der Waals surface area (Å²) in [7, 11) is 0. The maximum atomic E-state index is 9.21. The van der Waals surface area contributed by atoms with Crippen LogP contribution < -0.4 is 11.1 Å². The van der Waals surface area contributed by atoms with Gasteiger partial charge in [0.25, 0.3) is 0 Å². The third-order valence-electron chi connectivity index (χ3n) is 2.32. The number of aliphatic hydroxyl groups is 1. The molecule has 3 heteroatoms. The molecule has 0 radical (unpaired) electrons. The van der Waals surface area contributed by atoms with Crippen LogP contribution in [0, 0.1) is 6.92 Å². The highest BCUT2D eigenvalue weighted by atomic mass is 16.3. The largest absolute Gasteiger partial charge is 0.390 e. The minimum atomic E-state index is -0.428. The molecular formula is C12H20N2O. The second kappa shape index (κ2) is 6.56. The molecule has 0 aliphatic rings. The van der Waals surface area contributed by atoms with Gasteiger partial charge in [0.05, 0.1) is 6.10 Å². The minimum absolute atomic E-state index is 0.317. The van der Waals surface area contributed by atoms with Gasteiger partial charge >= 0.3 is 0 Å². The van der Waals surface area contributed by atoms with Crippen molar-refractivity contribution in [3.05, 3.63) is 35.4 Å². The topological polar surface area (TPSA) is 58.3 Å². The second-order valence-corrected chi connectivity index (χ2v) is 3.83. The quantitative estimate of drug-likeness (QED) is 0.595. The molecule has 0 bridgehead atoms. The Morgan fingerprint density at radius 3 is 2.93 bits per heavy atom. The van der Waals surface area contributed by atoms with Crippen molar-refractivity contribution in [1.29, 1.82) is 0 Å². The predicted octanol–water partition coefficient (Wildman–Crippen LogP) is 0.447. The number of rotatable bonds is 6. The first kappa shape index (κ1) is 12.2. The number of hydrogen-bond acceptors (Lipinski definition) is 3. The van der Waals surface area contributed by atoms with Crippen molar-refractivity contribution in [3.8, 4) is 0 Å². The Bertz CT molecular complexity index is 289. The molecule has 0 saturated heterocycles. The zero-order valence-corrected chi connectivity index (χ0v) is 9.24. The molecule has 0 saturated carbocycles. The highest BCUT2D eigenvalue weighted by Crippen LogP contribution is 2.03. The van der Waals surface area contributed by atoms with Crippen molar-refractivity contribution >= 4 is 0 Å². The first-order valence-electron chi connectivity index (χ1n) is 5.36. The molecule has 0 aromatic heterocycles. The molecule has 0 amide bonds. The van der Waals surface area contributed by atoms with Gasteiger partial charge in [0, 0.05) is 13.1 Å². The Labute approximate surface area is 91.3 Å². The first-order valence-corrected chi connectivity index (χ1v) is 5.36. The van der Waals surface area contributed by atoms with Gasteiger partial charge in [0.15, 0.2) is 0 Å². The van der Waals surface area contributed by atoms with Crippen molar-refractivity contribution in [2.24, 2.45) is 5.73 Å². The van der Waals surface area contributed by atoms with Crippen LogP contribution in [0.2, 0.25) is 0 Å². The Kier molecular flexibility index (Phi) is 5.32. The average Bonchev–Trinajstić information content (AvgIpc) is 2.24. The van der Waals surface area contributed by atoms with E-state index in [-0.39, 0.29) is 0 Å². The van der Waals surface area contributed by atoms with Crippen LogP contribution in [0.25, 0.3) is 0 Å². The van der Waals surface area contributed by atoms with E-state index in [1.807, 2.05) is 0 Å². The standard InChI is InChI=1S/C12H20N2O/c1-10-3-2-4-11(7-10)5-6-14-9-12(15)8-13/h2-4,7,12,14-15H,5-6,8-9,13H2,1H3. The minimum Gasteiger partial charge on any atom is -0.390 e. The average molecular weight is 208 g/mol. The van der Waals surface area contributed by atoms with Crippen LogP contribution in [0.5, 0.6) is 0 Å². The summed E-state index contributed by atoms with van der Waals surface area (Å²) in [5.41, 5.74) is 7.91. The van der Waals surface area contributed by atoms with Gasteiger partial charge < -0.3 is 16.2 Å². The third-order valence-corrected chi connectivity index (χ3v) is 2.32. The Morgan fingerprint density at radius 2 is 2.27 bits per heavy atom. The molecule has 0 spiro atoms. The monoisotopic (exact) mass is 208 g/mol. The van der Waals surface area contributed by atoms with Crippen molar-refractivity contribution in [2.45, 2.75) is 19.4 Å². The van der Waals surface area contributed by atoms with Crippen LogP contribution in [-0.2, 0) is 6.42 Å². The summed E-state index contributed by atoms with van der Waals surface area (Å²) in [6.07, 6.45) is 0.557. The smallest absolute Gasteiger partial charge is 0.0786 e. The lowest BCUT2D eigenvalue weighted by Gasteiger charge is -2.09. The first-order chi connectivity index (χ1) is 7.22. The molecule has 84 valence electrons. The van der Waals surface area contributed by atoms with Crippen LogP contribution in [0.1, 0.15) is 11.1 Å². The number of nitrogens with two attached hydrogens (primary N) is 1. The van der Waals surface area contributed by atoms with Crippen LogP contribution >= 0.6 is 0 Å². The van der Waals surface area contributed by atoms with Gasteiger partial charge in [-0.3, -0.25) is 0 Å². The van der Waals surface area contributed by atoms with E-state index >= 15 is 0 Å². The molecule has 3 nitrogen and oxygen atoms in total. The third kappa shape index (κ3) is 4.93. The predicted molar refractivity (Wildman–Crippen MR) is 62.8 cm³/mol. The summed E-state index contributed by atoms with van der Waals surface area (Å²) in [6, 6.07) is 8.46. The lowest BCUT2D eigenvalue weighted by molar-refractivity contribution is 0.180. The van der Waals surface area contributed by atoms with E-state index < -0.39 is 6.10 Å². The fourth-order valence-electron chi connectivity index (χ4n) is 1.45. The van der Waals surface area contributed by atoms with Gasteiger partial charge in [-0.2, -0.15) is 0 Å². The fourth-order valence-corrected chi connectivity index (χ4v) is 1.45. The summed E-state index contributed by atoms with van der Waals surface area (Å²) >= 11 is 0. The number of benzene rings is 1. The van der Waals surface area contributed by atoms with Crippen LogP contribution in [0.3, 0.4) is 0 Å². The maximum Gasteiger partial charge on any atom is 0.0786 e. The zero-order valence-electron chi connectivity index (χ0n) is 9.24. The van der Waals surface area contributed by atoms with Crippen molar-refractivity contribution < 1.29 is 5.11 Å². The fraction of sp³-hybridized carbons (Fsp3) is 0.500. The van der Waals surface area contributed by atoms with E-state index in [0.717, 1.165) is 13.0 Å². The molecule has 1 atom stereocenters. The highest BCUT2D eigenvalue weighted by Gasteiger charge is 1.99. The molecular weight excluding hydrogens is 188 g/mol. The van der Waals surface area contributed by atoms with E-state index in [9.17, 15) is 5.11 Å². The van der Waals surface area contributed by atoms with Crippen molar-refractivity contribution in [2.75, 3.05) is 19.6 Å². The summed E-state index contributed by atoms with van der Waals surface area (Å²) in [4.78, 5) is 0. The molecule has 4 N–H and O–H groups in total. The SMILES string of the molecule is Cc1cccc(CCNCC(O)CN)c1. The molecule has 1 aromatic carbocycles. The summed E-state index contributed by atoms with van der Waals surface area (Å²) in [6.45, 7) is 3.86. The molecule has 0 aliphatic carbocycles. The van der Waals surface area contributed by atoms with E-state index in [1.165, 1.54) is 11.1 Å². The lowest BCUT2D eigenvalue weighted by Crippen LogP contribution is -2.33. The molecule has 1 unspecified atom stereocenters. The number of hydrogen-bond donors (Lipinski definition) is 3. The molecule has 0 heterocycles. The van der Waals surface area contributed by atoms with Crippen LogP contribution in [-0.4, -0.2) is 30.8 Å². The molecule has 1 aromatic rings. The van der Waals surface area contributed by atoms with Gasteiger partial charge in [-0.05, 0) is 25.5 Å². The van der Waals surface area contributed by atoms with Gasteiger partial charge in [-0.1, -0.05) is 29.8 Å². The van der Waals surface area contributed by atoms with E-state index in [1.54, 1.807) is 0 Å². The summed E-state index contributed by atoms with van der Waals surface area (Å²) in [5, 5.41) is 12.4. The Balaban J connectivity index is 2.20. The number of nitrogens with one attached hydrogen (secondary N) is 1. The number of aryl methyl sites for hydroxylation is 1. The highest BCUT2D eigenvalue weighted by molar-refractivity contribution is 5.22. The van der Waals surface area contributed by atoms with Gasteiger partial charge in [0.2, 0.25) is 0 Å². The van der Waals surface area contributed by atoms with Crippen molar-refractivity contribution in [3.63, 3.8) is 0 Å². The van der Waals surface area contributed by atoms with Crippen LogP contribution in [0.4, 0.5) is 0 Å². The van der Waals surface area contributed by atoms with Crippen LogP contribution in [0.15, 0.2) is 24.3 Å². The maximum absolute atomic E-state index is 9.21. The molecule has 1 rings (SSSR count). The Hall–Kier alpha value is -0.900. The van der Waals surface area contributed by atoms with Gasteiger partial charge in [-0.15, -0.1) is 0 Å². The van der Waals surface area contributed by atoms with E-state index in [4.69, 9.17) is 5.73 Å². The van der Waals surface area contributed by atoms with E-state index in [2.05, 4.69) is 36.5 Å². The number of aliphatic hydroxyl groups excluding tert-OH is 1. The summed E-state index contributed by atoms with van der Waals surface area (Å²) < 4.78 is 0. The Morgan fingerprint density at radius 1 is 1.47 bits per heavy atom. The summed E-state index contributed by atoms with van der Waals surface area (Å²) in [5.74, 6) is 0. The van der Waals surface area contributed by atoms with Gasteiger partial charge in [-0.25, -0.2) is 0 Å². The van der Waals surface area contributed by atoms with E-state index in [0.29, 0.717) is 13.1 Å². The van der Waals surface area contributed by atoms with Gasteiger partial charge in [0.1, 0.15) is 0 Å². The molecule has 15 heavy (non-hydrogen) atoms. The lowest BCUT2D eigenvalue weighted by atomic mass is 10.1.